The van der Waals surface area contributed by atoms with Crippen LogP contribution in [0, 0.1) is 17.8 Å². The van der Waals surface area contributed by atoms with Gasteiger partial charge >= 0.3 is 0 Å². The predicted octanol–water partition coefficient (Wildman–Crippen LogP) is 0.704. The summed E-state index contributed by atoms with van der Waals surface area (Å²) < 4.78 is 0. The molecule has 1 unspecified atom stereocenters. The Morgan fingerprint density at radius 2 is 1.93 bits per heavy atom. The molecule has 1 aromatic heterocycles. The lowest BCUT2D eigenvalue weighted by molar-refractivity contribution is -0.129. The molecule has 1 aliphatic carbocycles. The lowest BCUT2D eigenvalue weighted by atomic mass is 9.96. The van der Waals surface area contributed by atoms with Gasteiger partial charge in [0.2, 0.25) is 11.8 Å². The first-order valence-electron chi connectivity index (χ1n) is 10.2. The van der Waals surface area contributed by atoms with E-state index < -0.39 is 0 Å². The minimum Gasteiger partial charge on any atom is -0.356 e. The Hall–Kier alpha value is -2.51. The van der Waals surface area contributed by atoms with E-state index in [-0.39, 0.29) is 23.6 Å². The Morgan fingerprint density at radius 1 is 1.14 bits per heavy atom. The summed E-state index contributed by atoms with van der Waals surface area (Å²) in [5.41, 5.74) is 0.420. The summed E-state index contributed by atoms with van der Waals surface area (Å²) in [5.74, 6) is 0.828. The Morgan fingerprint density at radius 3 is 2.61 bits per heavy atom. The highest BCUT2D eigenvalue weighted by atomic mass is 16.2. The Balaban J connectivity index is 1.22. The minimum atomic E-state index is -0.217. The number of hydrogen-bond acceptors (Lipinski definition) is 5. The lowest BCUT2D eigenvalue weighted by Crippen LogP contribution is -2.42. The molecule has 8 heteroatoms. The Kier molecular flexibility index (Phi) is 5.54. The lowest BCUT2D eigenvalue weighted by Gasteiger charge is -2.33. The van der Waals surface area contributed by atoms with E-state index in [4.69, 9.17) is 0 Å². The van der Waals surface area contributed by atoms with Gasteiger partial charge in [0.05, 0.1) is 5.92 Å². The second-order valence-corrected chi connectivity index (χ2v) is 8.22. The van der Waals surface area contributed by atoms with Crippen LogP contribution >= 0.6 is 0 Å². The normalized spacial score (nSPS) is 23.1. The first-order chi connectivity index (χ1) is 13.6. The second-order valence-electron chi connectivity index (χ2n) is 8.22. The van der Waals surface area contributed by atoms with Crippen LogP contribution in [0.5, 0.6) is 0 Å². The van der Waals surface area contributed by atoms with Gasteiger partial charge in [0.25, 0.3) is 5.91 Å². The third-order valence-electron chi connectivity index (χ3n) is 6.03. The molecule has 1 saturated carbocycles. The van der Waals surface area contributed by atoms with Gasteiger partial charge in [-0.3, -0.25) is 14.4 Å². The molecule has 0 radical (unpaired) electrons. The molecule has 150 valence electrons. The molecule has 3 heterocycles. The quantitative estimate of drug-likeness (QED) is 0.778. The number of carbonyl (C=O) groups excluding carboxylic acids is 3. The number of likely N-dealkylation sites (tertiary alicyclic amines) is 2. The van der Waals surface area contributed by atoms with E-state index in [2.05, 4.69) is 15.3 Å². The van der Waals surface area contributed by atoms with Gasteiger partial charge in [-0.1, -0.05) is 0 Å². The summed E-state index contributed by atoms with van der Waals surface area (Å²) in [5, 5.41) is 2.99. The van der Waals surface area contributed by atoms with Crippen molar-refractivity contribution in [2.75, 3.05) is 32.7 Å². The molecular weight excluding hydrogens is 358 g/mol. The van der Waals surface area contributed by atoms with Crippen molar-refractivity contribution in [1.82, 2.24) is 25.1 Å². The maximum Gasteiger partial charge on any atom is 0.272 e. The number of amides is 3. The van der Waals surface area contributed by atoms with E-state index in [1.807, 2.05) is 9.80 Å². The number of aromatic nitrogens is 2. The van der Waals surface area contributed by atoms with Crippen LogP contribution in [0.2, 0.25) is 0 Å². The molecule has 2 saturated heterocycles. The fourth-order valence-corrected chi connectivity index (χ4v) is 4.04. The van der Waals surface area contributed by atoms with E-state index in [1.54, 1.807) is 12.3 Å². The summed E-state index contributed by atoms with van der Waals surface area (Å²) in [7, 11) is 0. The van der Waals surface area contributed by atoms with Gasteiger partial charge < -0.3 is 15.1 Å². The van der Waals surface area contributed by atoms with Gasteiger partial charge in [0.1, 0.15) is 12.0 Å². The average Bonchev–Trinajstić information content (AvgIpc) is 3.49. The third-order valence-corrected chi connectivity index (χ3v) is 6.03. The van der Waals surface area contributed by atoms with Crippen LogP contribution in [0.1, 0.15) is 42.6 Å². The molecule has 1 aromatic rings. The van der Waals surface area contributed by atoms with Crippen molar-refractivity contribution < 1.29 is 14.4 Å². The summed E-state index contributed by atoms with van der Waals surface area (Å²) in [6, 6.07) is 1.63. The van der Waals surface area contributed by atoms with Gasteiger partial charge in [-0.15, -0.1) is 0 Å². The highest BCUT2D eigenvalue weighted by Gasteiger charge is 2.36. The zero-order valence-electron chi connectivity index (χ0n) is 16.0. The fourth-order valence-electron chi connectivity index (χ4n) is 4.04. The molecule has 1 atom stereocenters. The maximum absolute atomic E-state index is 12.5. The molecule has 28 heavy (non-hydrogen) atoms. The van der Waals surface area contributed by atoms with Crippen LogP contribution in [0.15, 0.2) is 18.6 Å². The number of nitrogens with one attached hydrogen (secondary N) is 1. The molecule has 3 aliphatic rings. The van der Waals surface area contributed by atoms with Gasteiger partial charge in [0.15, 0.2) is 0 Å². The number of piperidine rings is 1. The summed E-state index contributed by atoms with van der Waals surface area (Å²) in [4.78, 5) is 48.6. The third kappa shape index (κ3) is 4.48. The molecule has 1 N–H and O–H groups in total. The minimum absolute atomic E-state index is 0.0213. The first-order valence-corrected chi connectivity index (χ1v) is 10.2. The average molecular weight is 385 g/mol. The van der Waals surface area contributed by atoms with Crippen molar-refractivity contribution in [1.29, 1.82) is 0 Å². The molecule has 8 nitrogen and oxygen atoms in total. The van der Waals surface area contributed by atoms with E-state index >= 15 is 0 Å². The van der Waals surface area contributed by atoms with E-state index in [9.17, 15) is 14.4 Å². The first kappa shape index (κ1) is 18.8. The highest BCUT2D eigenvalue weighted by Crippen LogP contribution is 2.28. The molecule has 0 aromatic carbocycles. The van der Waals surface area contributed by atoms with Crippen LogP contribution in [0.3, 0.4) is 0 Å². The van der Waals surface area contributed by atoms with Crippen LogP contribution in [0.25, 0.3) is 0 Å². The number of nitrogens with zero attached hydrogens (tertiary/aromatic N) is 4. The second kappa shape index (κ2) is 8.24. The largest absolute Gasteiger partial charge is 0.356 e. The van der Waals surface area contributed by atoms with Crippen LogP contribution in [-0.4, -0.2) is 70.2 Å². The van der Waals surface area contributed by atoms with Crippen molar-refractivity contribution in [3.8, 4) is 0 Å². The van der Waals surface area contributed by atoms with Crippen molar-refractivity contribution >= 4 is 17.7 Å². The smallest absolute Gasteiger partial charge is 0.272 e. The molecule has 4 rings (SSSR count). The van der Waals surface area contributed by atoms with E-state index in [0.717, 1.165) is 19.4 Å². The predicted molar refractivity (Wildman–Crippen MR) is 101 cm³/mol. The molecule has 0 bridgehead atoms. The zero-order chi connectivity index (χ0) is 19.5. The summed E-state index contributed by atoms with van der Waals surface area (Å²) >= 11 is 0. The van der Waals surface area contributed by atoms with Crippen molar-refractivity contribution in [3.63, 3.8) is 0 Å². The zero-order valence-corrected chi connectivity index (χ0v) is 16.0. The molecular formula is C20H27N5O3. The number of hydrogen-bond donors (Lipinski definition) is 1. The molecule has 0 spiro atoms. The Bertz CT molecular complexity index is 729. The number of rotatable bonds is 6. The molecule has 3 amide bonds. The van der Waals surface area contributed by atoms with Gasteiger partial charge in [-0.05, 0) is 43.6 Å². The molecule has 2 aliphatic heterocycles. The Labute approximate surface area is 164 Å². The number of carbonyl (C=O) groups is 3. The topological polar surface area (TPSA) is 95.5 Å². The standard InChI is InChI=1S/C20H27N5O3/c26-18-9-16(19(27)22-10-14-1-2-14)12-25(18)11-15-4-7-24(8-5-15)20(28)17-3-6-21-13-23-17/h3,6,13-16H,1-2,4-5,7-12H2,(H,22,27). The van der Waals surface area contributed by atoms with E-state index in [1.165, 1.54) is 19.2 Å². The van der Waals surface area contributed by atoms with Crippen LogP contribution in [0.4, 0.5) is 0 Å². The van der Waals surface area contributed by atoms with Crippen molar-refractivity contribution in [2.24, 2.45) is 17.8 Å². The summed E-state index contributed by atoms with van der Waals surface area (Å²) in [6.45, 7) is 3.29. The summed E-state index contributed by atoms with van der Waals surface area (Å²) in [6.07, 6.45) is 7.40. The van der Waals surface area contributed by atoms with Gasteiger partial charge in [-0.2, -0.15) is 0 Å². The van der Waals surface area contributed by atoms with E-state index in [0.29, 0.717) is 50.1 Å². The van der Waals surface area contributed by atoms with Gasteiger partial charge in [0, 0.05) is 45.3 Å². The van der Waals surface area contributed by atoms with Crippen molar-refractivity contribution in [3.05, 3.63) is 24.3 Å². The van der Waals surface area contributed by atoms with Crippen LogP contribution in [-0.2, 0) is 9.59 Å². The fraction of sp³-hybridized carbons (Fsp3) is 0.650. The monoisotopic (exact) mass is 385 g/mol. The maximum atomic E-state index is 12.5. The SMILES string of the molecule is O=C(NCC1CC1)C1CC(=O)N(CC2CCN(C(=O)c3ccncn3)CC2)C1. The van der Waals surface area contributed by atoms with Crippen molar-refractivity contribution in [2.45, 2.75) is 32.1 Å². The van der Waals surface area contributed by atoms with Gasteiger partial charge in [-0.25, -0.2) is 9.97 Å². The van der Waals surface area contributed by atoms with Crippen LogP contribution < -0.4 is 5.32 Å². The molecule has 3 fully saturated rings. The highest BCUT2D eigenvalue weighted by molar-refractivity contribution is 5.92.